The summed E-state index contributed by atoms with van der Waals surface area (Å²) in [6, 6.07) is 18.7. The first-order valence-electron chi connectivity index (χ1n) is 8.19. The summed E-state index contributed by atoms with van der Waals surface area (Å²) in [7, 11) is 0. The molecule has 0 spiro atoms. The van der Waals surface area contributed by atoms with Gasteiger partial charge in [-0.2, -0.15) is 0 Å². The van der Waals surface area contributed by atoms with Crippen LogP contribution in [0, 0.1) is 0 Å². The molecule has 0 atom stereocenters. The lowest BCUT2D eigenvalue weighted by Gasteiger charge is -2.41. The molecule has 3 rings (SSSR count). The molecular weight excluding hydrogens is 330 g/mol. The van der Waals surface area contributed by atoms with Crippen molar-refractivity contribution in [1.82, 2.24) is 4.90 Å². The van der Waals surface area contributed by atoms with Crippen LogP contribution in [0.5, 0.6) is 0 Å². The smallest absolute Gasteiger partial charge is 0.114 e. The number of hydrogen-bond acceptors (Lipinski definition) is 2. The van der Waals surface area contributed by atoms with E-state index in [1.54, 1.807) is 0 Å². The van der Waals surface area contributed by atoms with Gasteiger partial charge in [0.25, 0.3) is 0 Å². The average molecular weight is 352 g/mol. The minimum absolute atomic E-state index is 0.169. The van der Waals surface area contributed by atoms with Crippen LogP contribution in [0.4, 0.5) is 0 Å². The summed E-state index contributed by atoms with van der Waals surface area (Å²) in [5, 5.41) is 0. The largest absolute Gasteiger partial charge is 0.326 e. The van der Waals surface area contributed by atoms with Crippen LogP contribution in [0.2, 0.25) is 0 Å². The maximum Gasteiger partial charge on any atom is 0.114 e. The summed E-state index contributed by atoms with van der Waals surface area (Å²) in [6.07, 6.45) is 5.25. The van der Waals surface area contributed by atoms with Crippen LogP contribution in [0.1, 0.15) is 37.0 Å². The van der Waals surface area contributed by atoms with Gasteiger partial charge in [-0.3, -0.25) is 0 Å². The van der Waals surface area contributed by atoms with Crippen LogP contribution in [-0.4, -0.2) is 21.4 Å². The SMILES string of the molecule is CC1(C)C(=S)N(CC/C=C/c2ccccc2)C(=S)c2ccccc21. The molecule has 1 aliphatic rings. The number of thiocarbonyl (C=S) groups is 2. The molecule has 0 N–H and O–H groups in total. The highest BCUT2D eigenvalue weighted by Crippen LogP contribution is 2.35. The number of rotatable bonds is 4. The second-order valence-electron chi connectivity index (χ2n) is 6.53. The minimum atomic E-state index is -0.169. The van der Waals surface area contributed by atoms with Gasteiger partial charge in [-0.05, 0) is 31.4 Å². The first kappa shape index (κ1) is 17.0. The molecule has 122 valence electrons. The van der Waals surface area contributed by atoms with E-state index in [4.69, 9.17) is 24.4 Å². The van der Waals surface area contributed by atoms with Crippen LogP contribution in [0.3, 0.4) is 0 Å². The predicted molar refractivity (Wildman–Crippen MR) is 111 cm³/mol. The lowest BCUT2D eigenvalue weighted by molar-refractivity contribution is 0.547. The molecule has 0 amide bonds. The zero-order valence-electron chi connectivity index (χ0n) is 14.0. The first-order valence-corrected chi connectivity index (χ1v) is 9.01. The van der Waals surface area contributed by atoms with E-state index >= 15 is 0 Å². The van der Waals surface area contributed by atoms with Gasteiger partial charge >= 0.3 is 0 Å². The summed E-state index contributed by atoms with van der Waals surface area (Å²) in [5.41, 5.74) is 3.42. The predicted octanol–water partition coefficient (Wildman–Crippen LogP) is 5.39. The van der Waals surface area contributed by atoms with E-state index in [0.717, 1.165) is 28.5 Å². The molecular formula is C21H21NS2. The Morgan fingerprint density at radius 3 is 2.38 bits per heavy atom. The lowest BCUT2D eigenvalue weighted by Crippen LogP contribution is -2.50. The maximum absolute atomic E-state index is 5.77. The summed E-state index contributed by atoms with van der Waals surface area (Å²) < 4.78 is 0. The van der Waals surface area contributed by atoms with Crippen molar-refractivity contribution >= 4 is 40.5 Å². The summed E-state index contributed by atoms with van der Waals surface area (Å²) in [5.74, 6) is 0. The third-order valence-corrected chi connectivity index (χ3v) is 5.66. The zero-order valence-corrected chi connectivity index (χ0v) is 15.7. The standard InChI is InChI=1S/C21H21NS2/c1-21(2)18-14-7-6-13-17(18)19(23)22(20(21)24)15-9-8-12-16-10-4-3-5-11-16/h3-8,10-14H,9,15H2,1-2H3/b12-8+. The molecule has 0 saturated heterocycles. The second-order valence-corrected chi connectivity index (χ2v) is 7.31. The summed E-state index contributed by atoms with van der Waals surface area (Å²) >= 11 is 11.5. The van der Waals surface area contributed by atoms with Crippen molar-refractivity contribution in [2.45, 2.75) is 25.7 Å². The quantitative estimate of drug-likeness (QED) is 0.680. The molecule has 24 heavy (non-hydrogen) atoms. The van der Waals surface area contributed by atoms with Crippen molar-refractivity contribution < 1.29 is 0 Å². The van der Waals surface area contributed by atoms with Gasteiger partial charge in [0.2, 0.25) is 0 Å². The number of fused-ring (bicyclic) bond motifs is 1. The monoisotopic (exact) mass is 351 g/mol. The van der Waals surface area contributed by atoms with Crippen molar-refractivity contribution in [3.8, 4) is 0 Å². The Morgan fingerprint density at radius 1 is 0.958 bits per heavy atom. The van der Waals surface area contributed by atoms with E-state index in [0.29, 0.717) is 0 Å². The number of hydrogen-bond donors (Lipinski definition) is 0. The molecule has 2 aromatic carbocycles. The third kappa shape index (κ3) is 3.19. The van der Waals surface area contributed by atoms with E-state index in [2.05, 4.69) is 61.2 Å². The van der Waals surface area contributed by atoms with Crippen LogP contribution in [-0.2, 0) is 5.41 Å². The lowest BCUT2D eigenvalue weighted by atomic mass is 9.78. The van der Waals surface area contributed by atoms with Gasteiger partial charge in [0, 0.05) is 17.5 Å². The fourth-order valence-corrected chi connectivity index (χ4v) is 3.81. The summed E-state index contributed by atoms with van der Waals surface area (Å²) in [4.78, 5) is 3.89. The second kappa shape index (κ2) is 6.96. The van der Waals surface area contributed by atoms with Gasteiger partial charge in [0.05, 0.1) is 4.99 Å². The molecule has 0 aromatic heterocycles. The molecule has 0 radical (unpaired) electrons. The van der Waals surface area contributed by atoms with E-state index in [9.17, 15) is 0 Å². The Bertz CT molecular complexity index is 790. The molecule has 3 heteroatoms. The van der Waals surface area contributed by atoms with Gasteiger partial charge in [0.15, 0.2) is 0 Å². The minimum Gasteiger partial charge on any atom is -0.326 e. The van der Waals surface area contributed by atoms with Gasteiger partial charge in [-0.15, -0.1) is 0 Å². The van der Waals surface area contributed by atoms with Gasteiger partial charge in [0.1, 0.15) is 4.99 Å². The first-order chi connectivity index (χ1) is 11.5. The fourth-order valence-electron chi connectivity index (χ4n) is 3.10. The molecule has 0 bridgehead atoms. The topological polar surface area (TPSA) is 3.24 Å². The average Bonchev–Trinajstić information content (AvgIpc) is 2.60. The van der Waals surface area contributed by atoms with Gasteiger partial charge < -0.3 is 4.90 Å². The highest BCUT2D eigenvalue weighted by Gasteiger charge is 2.38. The normalized spacial score (nSPS) is 16.5. The van der Waals surface area contributed by atoms with Crippen molar-refractivity contribution in [3.63, 3.8) is 0 Å². The van der Waals surface area contributed by atoms with Crippen molar-refractivity contribution in [2.24, 2.45) is 0 Å². The van der Waals surface area contributed by atoms with Gasteiger partial charge in [-0.1, -0.05) is 91.2 Å². The molecule has 2 aromatic rings. The molecule has 0 fully saturated rings. The Labute approximate surface area is 155 Å². The maximum atomic E-state index is 5.77. The van der Waals surface area contributed by atoms with E-state index in [1.165, 1.54) is 11.1 Å². The highest BCUT2D eigenvalue weighted by atomic mass is 32.1. The molecule has 0 aliphatic carbocycles. The van der Waals surface area contributed by atoms with Crippen molar-refractivity contribution in [2.75, 3.05) is 6.54 Å². The summed E-state index contributed by atoms with van der Waals surface area (Å²) in [6.45, 7) is 5.18. The highest BCUT2D eigenvalue weighted by molar-refractivity contribution is 7.82. The number of nitrogens with zero attached hydrogens (tertiary/aromatic N) is 1. The van der Waals surface area contributed by atoms with Crippen LogP contribution in [0.15, 0.2) is 60.7 Å². The molecule has 1 heterocycles. The Hall–Kier alpha value is -1.84. The fraction of sp³-hybridized carbons (Fsp3) is 0.238. The van der Waals surface area contributed by atoms with E-state index in [-0.39, 0.29) is 5.41 Å². The van der Waals surface area contributed by atoms with E-state index in [1.807, 2.05) is 24.3 Å². The van der Waals surface area contributed by atoms with Gasteiger partial charge in [-0.25, -0.2) is 0 Å². The Morgan fingerprint density at radius 2 is 1.62 bits per heavy atom. The van der Waals surface area contributed by atoms with Crippen LogP contribution in [0.25, 0.3) is 6.08 Å². The van der Waals surface area contributed by atoms with Crippen LogP contribution >= 0.6 is 24.4 Å². The molecule has 1 aliphatic heterocycles. The van der Waals surface area contributed by atoms with E-state index < -0.39 is 0 Å². The third-order valence-electron chi connectivity index (χ3n) is 4.49. The Balaban J connectivity index is 1.76. The van der Waals surface area contributed by atoms with Crippen LogP contribution < -0.4 is 0 Å². The van der Waals surface area contributed by atoms with Crippen molar-refractivity contribution in [3.05, 3.63) is 77.4 Å². The molecule has 0 unspecified atom stereocenters. The molecule has 1 nitrogen and oxygen atoms in total. The number of benzene rings is 2. The Kier molecular flexibility index (Phi) is 4.93. The zero-order chi connectivity index (χ0) is 17.2. The molecule has 0 saturated carbocycles. The van der Waals surface area contributed by atoms with Crippen molar-refractivity contribution in [1.29, 1.82) is 0 Å².